The molecule has 0 saturated heterocycles. The van der Waals surface area contributed by atoms with E-state index in [1.54, 1.807) is 0 Å². The molecule has 0 aliphatic carbocycles. The van der Waals surface area contributed by atoms with Crippen molar-refractivity contribution in [3.8, 4) is 0 Å². The molecule has 0 radical (unpaired) electrons. The van der Waals surface area contributed by atoms with Gasteiger partial charge in [-0.2, -0.15) is 5.10 Å². The first-order valence-electron chi connectivity index (χ1n) is 6.69. The summed E-state index contributed by atoms with van der Waals surface area (Å²) in [6.45, 7) is 8.47. The van der Waals surface area contributed by atoms with Gasteiger partial charge in [-0.1, -0.05) is 33.1 Å². The Morgan fingerprint density at radius 3 is 2.71 bits per heavy atom. The van der Waals surface area contributed by atoms with Crippen molar-refractivity contribution in [3.63, 3.8) is 0 Å². The van der Waals surface area contributed by atoms with Gasteiger partial charge in [0.1, 0.15) is 0 Å². The lowest BCUT2D eigenvalue weighted by Gasteiger charge is -2.19. The Morgan fingerprint density at radius 1 is 1.35 bits per heavy atom. The fourth-order valence-electron chi connectivity index (χ4n) is 2.15. The minimum atomic E-state index is 0.420. The molecule has 1 unspecified atom stereocenters. The lowest BCUT2D eigenvalue weighted by atomic mass is 10.1. The van der Waals surface area contributed by atoms with E-state index in [9.17, 15) is 0 Å². The third-order valence-electron chi connectivity index (χ3n) is 3.01. The molecule has 98 valence electrons. The van der Waals surface area contributed by atoms with Crippen molar-refractivity contribution in [2.45, 2.75) is 59.0 Å². The van der Waals surface area contributed by atoms with Crippen LogP contribution in [-0.4, -0.2) is 16.3 Å². The van der Waals surface area contributed by atoms with Crippen LogP contribution < -0.4 is 5.32 Å². The number of hydrogen-bond acceptors (Lipinski definition) is 2. The quantitative estimate of drug-likeness (QED) is 0.738. The first-order valence-corrected chi connectivity index (χ1v) is 7.48. The molecule has 1 N–H and O–H groups in total. The van der Waals surface area contributed by atoms with Crippen LogP contribution in [0.1, 0.15) is 58.2 Å². The molecule has 0 amide bonds. The fourth-order valence-corrected chi connectivity index (χ4v) is 2.72. The summed E-state index contributed by atoms with van der Waals surface area (Å²) in [6, 6.07) is 0.420. The van der Waals surface area contributed by atoms with Crippen molar-refractivity contribution in [1.82, 2.24) is 15.1 Å². The van der Waals surface area contributed by atoms with Crippen LogP contribution in [0.15, 0.2) is 10.7 Å². The number of unbranched alkanes of at least 4 members (excludes halogenated alkanes) is 2. The van der Waals surface area contributed by atoms with Crippen LogP contribution in [0.3, 0.4) is 0 Å². The van der Waals surface area contributed by atoms with E-state index in [1.165, 1.54) is 31.4 Å². The van der Waals surface area contributed by atoms with Gasteiger partial charge in [-0.25, -0.2) is 0 Å². The summed E-state index contributed by atoms with van der Waals surface area (Å²) >= 11 is 3.61. The Hall–Kier alpha value is -0.350. The Bertz CT molecular complexity index is 322. The highest BCUT2D eigenvalue weighted by molar-refractivity contribution is 9.10. The number of aromatic nitrogens is 2. The minimum Gasteiger partial charge on any atom is -0.309 e. The Kier molecular flexibility index (Phi) is 6.82. The maximum Gasteiger partial charge on any atom is 0.0695 e. The van der Waals surface area contributed by atoms with E-state index < -0.39 is 0 Å². The molecule has 0 fully saturated rings. The van der Waals surface area contributed by atoms with Gasteiger partial charge in [0.05, 0.1) is 22.4 Å². The zero-order valence-corrected chi connectivity index (χ0v) is 12.8. The van der Waals surface area contributed by atoms with Gasteiger partial charge in [0, 0.05) is 6.54 Å². The number of nitrogens with zero attached hydrogens (tertiary/aromatic N) is 2. The zero-order valence-electron chi connectivity index (χ0n) is 11.2. The van der Waals surface area contributed by atoms with E-state index in [-0.39, 0.29) is 0 Å². The fraction of sp³-hybridized carbons (Fsp3) is 0.769. The minimum absolute atomic E-state index is 0.420. The average Bonchev–Trinajstić information content (AvgIpc) is 2.69. The second-order valence-corrected chi connectivity index (χ2v) is 5.15. The number of halogens is 1. The topological polar surface area (TPSA) is 29.9 Å². The van der Waals surface area contributed by atoms with E-state index in [4.69, 9.17) is 0 Å². The molecule has 1 rings (SSSR count). The van der Waals surface area contributed by atoms with Gasteiger partial charge >= 0.3 is 0 Å². The molecular weight excluding hydrogens is 278 g/mol. The van der Waals surface area contributed by atoms with Crippen LogP contribution in [0.2, 0.25) is 0 Å². The summed E-state index contributed by atoms with van der Waals surface area (Å²) < 4.78 is 3.21. The third-order valence-corrected chi connectivity index (χ3v) is 3.62. The molecule has 0 aliphatic heterocycles. The van der Waals surface area contributed by atoms with Crippen LogP contribution >= 0.6 is 15.9 Å². The van der Waals surface area contributed by atoms with Crippen molar-refractivity contribution in [1.29, 1.82) is 0 Å². The van der Waals surface area contributed by atoms with Gasteiger partial charge in [0.25, 0.3) is 0 Å². The van der Waals surface area contributed by atoms with Crippen LogP contribution in [0.4, 0.5) is 0 Å². The lowest BCUT2D eigenvalue weighted by molar-refractivity contribution is 0.447. The molecule has 0 aliphatic rings. The van der Waals surface area contributed by atoms with Crippen LogP contribution in [0.25, 0.3) is 0 Å². The van der Waals surface area contributed by atoms with Gasteiger partial charge < -0.3 is 5.32 Å². The largest absolute Gasteiger partial charge is 0.309 e. The maximum absolute atomic E-state index is 4.40. The smallest absolute Gasteiger partial charge is 0.0695 e. The van der Waals surface area contributed by atoms with Crippen molar-refractivity contribution in [2.24, 2.45) is 0 Å². The summed E-state index contributed by atoms with van der Waals surface area (Å²) in [5.74, 6) is 0. The van der Waals surface area contributed by atoms with Crippen LogP contribution in [0.5, 0.6) is 0 Å². The monoisotopic (exact) mass is 301 g/mol. The van der Waals surface area contributed by atoms with Crippen molar-refractivity contribution >= 4 is 15.9 Å². The van der Waals surface area contributed by atoms with E-state index in [2.05, 4.69) is 51.8 Å². The summed E-state index contributed by atoms with van der Waals surface area (Å²) in [5, 5.41) is 7.96. The molecule has 1 heterocycles. The number of hydrogen-bond donors (Lipinski definition) is 1. The number of aryl methyl sites for hydroxylation is 1. The third kappa shape index (κ3) is 4.11. The van der Waals surface area contributed by atoms with Gasteiger partial charge in [0.15, 0.2) is 0 Å². The molecule has 0 bridgehead atoms. The summed E-state index contributed by atoms with van der Waals surface area (Å²) in [4.78, 5) is 0. The standard InChI is InChI=1S/C13H24BrN3/c1-4-7-8-9-12(15-5-2)13-11(14)10-16-17(13)6-3/h10,12,15H,4-9H2,1-3H3. The predicted molar refractivity (Wildman–Crippen MR) is 76.2 cm³/mol. The van der Waals surface area contributed by atoms with Crippen molar-refractivity contribution in [3.05, 3.63) is 16.4 Å². The highest BCUT2D eigenvalue weighted by atomic mass is 79.9. The summed E-state index contributed by atoms with van der Waals surface area (Å²) in [6.07, 6.45) is 6.94. The normalized spacial score (nSPS) is 12.9. The second-order valence-electron chi connectivity index (χ2n) is 4.30. The molecule has 17 heavy (non-hydrogen) atoms. The molecule has 0 spiro atoms. The Morgan fingerprint density at radius 2 is 2.12 bits per heavy atom. The molecule has 1 aromatic heterocycles. The molecule has 0 aromatic carbocycles. The summed E-state index contributed by atoms with van der Waals surface area (Å²) in [7, 11) is 0. The SMILES string of the molecule is CCCCCC(NCC)c1c(Br)cnn1CC. The molecule has 3 nitrogen and oxygen atoms in total. The maximum atomic E-state index is 4.40. The first-order chi connectivity index (χ1) is 8.24. The zero-order chi connectivity index (χ0) is 12.7. The molecular formula is C13H24BrN3. The Balaban J connectivity index is 2.76. The van der Waals surface area contributed by atoms with Crippen molar-refractivity contribution in [2.75, 3.05) is 6.54 Å². The van der Waals surface area contributed by atoms with Crippen molar-refractivity contribution < 1.29 is 0 Å². The molecule has 1 atom stereocenters. The second kappa shape index (κ2) is 7.88. The van der Waals surface area contributed by atoms with Gasteiger partial charge in [-0.15, -0.1) is 0 Å². The van der Waals surface area contributed by atoms with Gasteiger partial charge in [-0.3, -0.25) is 4.68 Å². The Labute approximate surface area is 113 Å². The van der Waals surface area contributed by atoms with E-state index in [1.807, 2.05) is 6.20 Å². The van der Waals surface area contributed by atoms with Crippen LogP contribution in [-0.2, 0) is 6.54 Å². The highest BCUT2D eigenvalue weighted by Gasteiger charge is 2.18. The van der Waals surface area contributed by atoms with Gasteiger partial charge in [-0.05, 0) is 35.8 Å². The van der Waals surface area contributed by atoms with E-state index in [0.717, 1.165) is 17.6 Å². The van der Waals surface area contributed by atoms with E-state index in [0.29, 0.717) is 6.04 Å². The predicted octanol–water partition coefficient (Wildman–Crippen LogP) is 3.90. The van der Waals surface area contributed by atoms with E-state index >= 15 is 0 Å². The number of rotatable bonds is 8. The molecule has 0 saturated carbocycles. The highest BCUT2D eigenvalue weighted by Crippen LogP contribution is 2.27. The molecule has 4 heteroatoms. The first kappa shape index (κ1) is 14.7. The average molecular weight is 302 g/mol. The number of nitrogens with one attached hydrogen (secondary N) is 1. The lowest BCUT2D eigenvalue weighted by Crippen LogP contribution is -2.24. The molecule has 1 aromatic rings. The van der Waals surface area contributed by atoms with Crippen LogP contribution in [0, 0.1) is 0 Å². The summed E-state index contributed by atoms with van der Waals surface area (Å²) in [5.41, 5.74) is 1.30. The van der Waals surface area contributed by atoms with Gasteiger partial charge in [0.2, 0.25) is 0 Å².